The second-order valence-electron chi connectivity index (χ2n) is 7.10. The molecule has 4 rings (SSSR count). The summed E-state index contributed by atoms with van der Waals surface area (Å²) in [6.07, 6.45) is 0.602. The number of benzene rings is 2. The van der Waals surface area contributed by atoms with Crippen molar-refractivity contribution in [2.45, 2.75) is 19.9 Å². The van der Waals surface area contributed by atoms with Gasteiger partial charge in [-0.25, -0.2) is 0 Å². The average Bonchev–Trinajstić information content (AvgIpc) is 3.14. The van der Waals surface area contributed by atoms with Gasteiger partial charge in [0, 0.05) is 12.1 Å². The molecular formula is C22H23ClN4O4S. The maximum atomic E-state index is 12.6. The zero-order valence-electron chi connectivity index (χ0n) is 17.5. The molecule has 0 fully saturated rings. The van der Waals surface area contributed by atoms with Crippen LogP contribution >= 0.6 is 23.8 Å². The first-order valence-corrected chi connectivity index (χ1v) is 11.1. The number of amides is 1. The molecule has 0 spiro atoms. The number of carbonyl (C=O) groups is 1. The predicted octanol–water partition coefficient (Wildman–Crippen LogP) is 3.79. The van der Waals surface area contributed by atoms with Crippen molar-refractivity contribution in [3.63, 3.8) is 0 Å². The smallest absolute Gasteiger partial charge is 0.240 e. The zero-order chi connectivity index (χ0) is 22.5. The number of carbonyl (C=O) groups excluding carboxylic acids is 1. The molecule has 2 aromatic carbocycles. The molecule has 0 radical (unpaired) electrons. The minimum Gasteiger partial charge on any atom is -0.494 e. The van der Waals surface area contributed by atoms with Gasteiger partial charge >= 0.3 is 0 Å². The first-order chi connectivity index (χ1) is 15.5. The fourth-order valence-electron chi connectivity index (χ4n) is 3.41. The lowest BCUT2D eigenvalue weighted by Gasteiger charge is -2.20. The van der Waals surface area contributed by atoms with Crippen LogP contribution in [-0.4, -0.2) is 47.0 Å². The number of rotatable bonds is 8. The quantitative estimate of drug-likeness (QED) is 0.483. The molecule has 0 unspecified atom stereocenters. The van der Waals surface area contributed by atoms with E-state index in [2.05, 4.69) is 15.5 Å². The van der Waals surface area contributed by atoms with Crippen molar-refractivity contribution in [1.82, 2.24) is 20.1 Å². The summed E-state index contributed by atoms with van der Waals surface area (Å²) in [6.45, 7) is 4.00. The number of H-pyrrole nitrogens is 1. The van der Waals surface area contributed by atoms with Crippen LogP contribution < -0.4 is 19.5 Å². The van der Waals surface area contributed by atoms with Gasteiger partial charge in [-0.05, 0) is 67.5 Å². The van der Waals surface area contributed by atoms with Gasteiger partial charge in [0.05, 0.1) is 11.6 Å². The highest BCUT2D eigenvalue weighted by molar-refractivity contribution is 7.71. The Morgan fingerprint density at radius 1 is 1.28 bits per heavy atom. The molecule has 2 heterocycles. The van der Waals surface area contributed by atoms with E-state index in [1.54, 1.807) is 4.57 Å². The maximum Gasteiger partial charge on any atom is 0.240 e. The fraction of sp³-hybridized carbons (Fsp3) is 0.318. The van der Waals surface area contributed by atoms with Crippen LogP contribution in [0.2, 0.25) is 5.02 Å². The molecule has 32 heavy (non-hydrogen) atoms. The van der Waals surface area contributed by atoms with E-state index < -0.39 is 0 Å². The molecule has 0 bridgehead atoms. The molecule has 0 aliphatic carbocycles. The van der Waals surface area contributed by atoms with Crippen molar-refractivity contribution in [3.05, 3.63) is 51.8 Å². The molecule has 168 valence electrons. The van der Waals surface area contributed by atoms with E-state index in [1.165, 1.54) is 0 Å². The van der Waals surface area contributed by atoms with Crippen LogP contribution in [-0.2, 0) is 17.8 Å². The van der Waals surface area contributed by atoms with Crippen molar-refractivity contribution in [2.75, 3.05) is 26.4 Å². The summed E-state index contributed by atoms with van der Waals surface area (Å²) in [5, 5.41) is 10.5. The Kier molecular flexibility index (Phi) is 6.96. The minimum atomic E-state index is -0.168. The van der Waals surface area contributed by atoms with E-state index in [0.29, 0.717) is 59.9 Å². The SMILES string of the molecule is CCOc1ccc(-c2n[nH]c(=S)n2CC(=O)NCCc2cc(Cl)c3c(c2)OCCO3)cc1. The van der Waals surface area contributed by atoms with Gasteiger partial charge in [-0.1, -0.05) is 11.6 Å². The summed E-state index contributed by atoms with van der Waals surface area (Å²) in [7, 11) is 0. The third-order valence-electron chi connectivity index (χ3n) is 4.88. The lowest BCUT2D eigenvalue weighted by molar-refractivity contribution is -0.121. The van der Waals surface area contributed by atoms with E-state index in [1.807, 2.05) is 43.3 Å². The van der Waals surface area contributed by atoms with Gasteiger partial charge in [-0.3, -0.25) is 14.5 Å². The number of halogens is 1. The predicted molar refractivity (Wildman–Crippen MR) is 123 cm³/mol. The average molecular weight is 475 g/mol. The van der Waals surface area contributed by atoms with Crippen molar-refractivity contribution in [1.29, 1.82) is 0 Å². The van der Waals surface area contributed by atoms with Crippen molar-refractivity contribution in [3.8, 4) is 28.6 Å². The Balaban J connectivity index is 1.37. The molecule has 0 saturated heterocycles. The van der Waals surface area contributed by atoms with E-state index >= 15 is 0 Å². The van der Waals surface area contributed by atoms with Gasteiger partial charge in [-0.2, -0.15) is 5.10 Å². The van der Waals surface area contributed by atoms with Gasteiger partial charge in [0.15, 0.2) is 22.1 Å². The minimum absolute atomic E-state index is 0.0553. The summed E-state index contributed by atoms with van der Waals surface area (Å²) >= 11 is 11.6. The molecule has 1 aliphatic rings. The first-order valence-electron chi connectivity index (χ1n) is 10.3. The van der Waals surface area contributed by atoms with Crippen LogP contribution in [0.15, 0.2) is 36.4 Å². The standard InChI is InChI=1S/C22H23ClN4O4S/c1-2-29-16-5-3-15(4-6-16)21-25-26-22(32)27(21)13-19(28)24-8-7-14-11-17(23)20-18(12-14)30-9-10-31-20/h3-6,11-12H,2,7-10,13H2,1H3,(H,24,28)(H,26,32). The number of fused-ring (bicyclic) bond motifs is 1. The number of aromatic nitrogens is 3. The molecule has 10 heteroatoms. The van der Waals surface area contributed by atoms with E-state index in [4.69, 9.17) is 38.0 Å². The lowest BCUT2D eigenvalue weighted by Crippen LogP contribution is -2.29. The number of hydrogen-bond acceptors (Lipinski definition) is 6. The van der Waals surface area contributed by atoms with Crippen LogP contribution in [0.3, 0.4) is 0 Å². The van der Waals surface area contributed by atoms with Gasteiger partial charge in [0.2, 0.25) is 5.91 Å². The Bertz CT molecular complexity index is 1160. The van der Waals surface area contributed by atoms with Crippen LogP contribution in [0, 0.1) is 4.77 Å². The third kappa shape index (κ3) is 5.05. The second kappa shape index (κ2) is 10.1. The highest BCUT2D eigenvalue weighted by Gasteiger charge is 2.17. The van der Waals surface area contributed by atoms with Gasteiger partial charge < -0.3 is 19.5 Å². The summed E-state index contributed by atoms with van der Waals surface area (Å²) in [6, 6.07) is 11.2. The van der Waals surface area contributed by atoms with E-state index in [-0.39, 0.29) is 12.5 Å². The third-order valence-corrected chi connectivity index (χ3v) is 5.47. The highest BCUT2D eigenvalue weighted by Crippen LogP contribution is 2.38. The summed E-state index contributed by atoms with van der Waals surface area (Å²) < 4.78 is 18.7. The molecule has 1 aliphatic heterocycles. The monoisotopic (exact) mass is 474 g/mol. The van der Waals surface area contributed by atoms with Gasteiger partial charge in [-0.15, -0.1) is 0 Å². The number of aromatic amines is 1. The normalized spacial score (nSPS) is 12.4. The van der Waals surface area contributed by atoms with E-state index in [9.17, 15) is 4.79 Å². The maximum absolute atomic E-state index is 12.6. The lowest BCUT2D eigenvalue weighted by atomic mass is 10.1. The molecular weight excluding hydrogens is 452 g/mol. The second-order valence-corrected chi connectivity index (χ2v) is 7.89. The van der Waals surface area contributed by atoms with Crippen molar-refractivity contribution in [2.24, 2.45) is 0 Å². The Hall–Kier alpha value is -3.04. The molecule has 1 amide bonds. The van der Waals surface area contributed by atoms with Crippen LogP contribution in [0.25, 0.3) is 11.4 Å². The van der Waals surface area contributed by atoms with Crippen LogP contribution in [0.4, 0.5) is 0 Å². The van der Waals surface area contributed by atoms with E-state index in [0.717, 1.165) is 16.9 Å². The highest BCUT2D eigenvalue weighted by atomic mass is 35.5. The number of nitrogens with zero attached hydrogens (tertiary/aromatic N) is 2. The molecule has 1 aromatic heterocycles. The van der Waals surface area contributed by atoms with Gasteiger partial charge in [0.1, 0.15) is 25.5 Å². The molecule has 8 nitrogen and oxygen atoms in total. The largest absolute Gasteiger partial charge is 0.494 e. The number of hydrogen-bond donors (Lipinski definition) is 2. The Morgan fingerprint density at radius 3 is 2.84 bits per heavy atom. The summed E-state index contributed by atoms with van der Waals surface area (Å²) in [5.74, 6) is 2.40. The van der Waals surface area contributed by atoms with Crippen molar-refractivity contribution >= 4 is 29.7 Å². The zero-order valence-corrected chi connectivity index (χ0v) is 19.1. The number of ether oxygens (including phenoxy) is 3. The molecule has 0 saturated carbocycles. The molecule has 2 N–H and O–H groups in total. The topological polar surface area (TPSA) is 90.4 Å². The first kappa shape index (κ1) is 22.2. The molecule has 0 atom stereocenters. The Morgan fingerprint density at radius 2 is 2.06 bits per heavy atom. The number of nitrogens with one attached hydrogen (secondary N) is 2. The Labute approximate surface area is 195 Å². The molecule has 3 aromatic rings. The van der Waals surface area contributed by atoms with Crippen molar-refractivity contribution < 1.29 is 19.0 Å². The summed E-state index contributed by atoms with van der Waals surface area (Å²) in [4.78, 5) is 12.6. The van der Waals surface area contributed by atoms with Crippen LogP contribution in [0.5, 0.6) is 17.2 Å². The summed E-state index contributed by atoms with van der Waals surface area (Å²) in [5.41, 5.74) is 1.79. The van der Waals surface area contributed by atoms with Gasteiger partial charge in [0.25, 0.3) is 0 Å². The van der Waals surface area contributed by atoms with Crippen LogP contribution in [0.1, 0.15) is 12.5 Å². The fourth-order valence-corrected chi connectivity index (χ4v) is 3.89.